The van der Waals surface area contributed by atoms with E-state index in [2.05, 4.69) is 21.3 Å². The fourth-order valence-electron chi connectivity index (χ4n) is 2.90. The van der Waals surface area contributed by atoms with Gasteiger partial charge < -0.3 is 35.4 Å². The number of carbonyl (C=O) groups is 1. The Bertz CT molecular complexity index is 887. The van der Waals surface area contributed by atoms with Crippen LogP contribution in [0.5, 0.6) is 5.75 Å². The molecule has 1 aromatic carbocycles. The van der Waals surface area contributed by atoms with Gasteiger partial charge in [0.1, 0.15) is 30.2 Å². The van der Waals surface area contributed by atoms with Crippen LogP contribution in [0.4, 0.5) is 10.5 Å². The molecule has 0 bridgehead atoms. The molecular weight excluding hydrogens is 442 g/mol. The maximum Gasteiger partial charge on any atom is 0.319 e. The molecule has 1 heterocycles. The molecule has 1 aromatic rings. The van der Waals surface area contributed by atoms with Crippen LogP contribution in [0.25, 0.3) is 0 Å². The number of sulfonamides is 1. The lowest BCUT2D eigenvalue weighted by Gasteiger charge is -2.40. The van der Waals surface area contributed by atoms with Gasteiger partial charge in [0, 0.05) is 25.2 Å². The number of nitrogens with one attached hydrogen (secondary N) is 3. The minimum atomic E-state index is -3.55. The van der Waals surface area contributed by atoms with Crippen molar-refractivity contribution in [2.45, 2.75) is 50.0 Å². The summed E-state index contributed by atoms with van der Waals surface area (Å²) < 4.78 is 35.7. The first-order chi connectivity index (χ1) is 15.1. The molecule has 0 aromatic heterocycles. The third kappa shape index (κ3) is 8.27. The maximum atomic E-state index is 11.9. The van der Waals surface area contributed by atoms with Crippen molar-refractivity contribution in [3.05, 3.63) is 24.3 Å². The topological polar surface area (TPSA) is 166 Å². The average molecular weight is 472 g/mol. The van der Waals surface area contributed by atoms with Crippen molar-refractivity contribution < 1.29 is 38.0 Å². The molecule has 0 spiro atoms. The van der Waals surface area contributed by atoms with E-state index in [1.54, 1.807) is 12.1 Å². The molecule has 0 radical (unpaired) electrons. The number of rotatable bonds is 10. The molecule has 2 amide bonds. The van der Waals surface area contributed by atoms with Crippen LogP contribution in [0.3, 0.4) is 0 Å². The van der Waals surface area contributed by atoms with E-state index in [-0.39, 0.29) is 18.3 Å². The standard InChI is InChI=1S/C20H29N3O8S/c1-3-4-5-6-11-21-20(27)23-13-7-9-14(10-8-13)30-19-18(26)17(25)16(24)15(31-19)12-22-32(2,28)29/h1,7-10,15-19,22,24-26H,4-6,11-12H2,2H3,(H2,21,23,27)/t15-,16-,17+,18+,19+/m1/s1. The predicted octanol–water partition coefficient (Wildman–Crippen LogP) is -0.653. The van der Waals surface area contributed by atoms with E-state index < -0.39 is 40.7 Å². The van der Waals surface area contributed by atoms with E-state index in [4.69, 9.17) is 15.9 Å². The van der Waals surface area contributed by atoms with Crippen molar-refractivity contribution >= 4 is 21.7 Å². The smallest absolute Gasteiger partial charge is 0.319 e. The van der Waals surface area contributed by atoms with Gasteiger partial charge >= 0.3 is 6.03 Å². The van der Waals surface area contributed by atoms with Gasteiger partial charge in [-0.1, -0.05) is 0 Å². The molecule has 2 rings (SSSR count). The molecule has 1 fully saturated rings. The molecule has 5 atom stereocenters. The van der Waals surface area contributed by atoms with Gasteiger partial charge in [0.05, 0.1) is 6.26 Å². The summed E-state index contributed by atoms with van der Waals surface area (Å²) in [5.41, 5.74) is 0.495. The molecule has 6 N–H and O–H groups in total. The van der Waals surface area contributed by atoms with Crippen molar-refractivity contribution in [3.63, 3.8) is 0 Å². The van der Waals surface area contributed by atoms with Gasteiger partial charge in [0.2, 0.25) is 16.3 Å². The van der Waals surface area contributed by atoms with Crippen LogP contribution in [0.15, 0.2) is 24.3 Å². The minimum absolute atomic E-state index is 0.257. The number of aliphatic hydroxyl groups excluding tert-OH is 3. The Balaban J connectivity index is 1.89. The van der Waals surface area contributed by atoms with Crippen LogP contribution in [-0.4, -0.2) is 79.8 Å². The summed E-state index contributed by atoms with van der Waals surface area (Å²) in [5.74, 6) is 2.79. The number of amides is 2. The summed E-state index contributed by atoms with van der Waals surface area (Å²) in [6, 6.07) is 5.79. The zero-order chi connectivity index (χ0) is 23.7. The zero-order valence-electron chi connectivity index (χ0n) is 17.6. The van der Waals surface area contributed by atoms with Gasteiger partial charge in [-0.3, -0.25) is 0 Å². The van der Waals surface area contributed by atoms with E-state index >= 15 is 0 Å². The first-order valence-electron chi connectivity index (χ1n) is 10.00. The number of anilines is 1. The van der Waals surface area contributed by atoms with Crippen LogP contribution < -0.4 is 20.1 Å². The highest BCUT2D eigenvalue weighted by Gasteiger charge is 2.45. The van der Waals surface area contributed by atoms with Crippen molar-refractivity contribution in [2.75, 3.05) is 24.7 Å². The minimum Gasteiger partial charge on any atom is -0.462 e. The first kappa shape index (κ1) is 25.9. The number of ether oxygens (including phenoxy) is 2. The normalized spacial score (nSPS) is 25.5. The molecule has 1 saturated heterocycles. The third-order valence-electron chi connectivity index (χ3n) is 4.61. The average Bonchev–Trinajstić information content (AvgIpc) is 2.74. The molecule has 0 saturated carbocycles. The molecule has 32 heavy (non-hydrogen) atoms. The van der Waals surface area contributed by atoms with Gasteiger partial charge in [-0.05, 0) is 37.1 Å². The number of carbonyl (C=O) groups excluding carboxylic acids is 1. The van der Waals surface area contributed by atoms with E-state index in [0.29, 0.717) is 18.7 Å². The lowest BCUT2D eigenvalue weighted by atomic mass is 9.99. The first-order valence-corrected chi connectivity index (χ1v) is 11.9. The van der Waals surface area contributed by atoms with E-state index in [9.17, 15) is 28.5 Å². The number of unbranched alkanes of at least 4 members (excludes halogenated alkanes) is 2. The quantitative estimate of drug-likeness (QED) is 0.193. The monoisotopic (exact) mass is 471 g/mol. The highest BCUT2D eigenvalue weighted by atomic mass is 32.2. The molecule has 11 nitrogen and oxygen atoms in total. The summed E-state index contributed by atoms with van der Waals surface area (Å²) in [4.78, 5) is 11.9. The summed E-state index contributed by atoms with van der Waals surface area (Å²) >= 11 is 0. The Morgan fingerprint density at radius 3 is 2.47 bits per heavy atom. The van der Waals surface area contributed by atoms with Gasteiger partial charge in [-0.15, -0.1) is 12.3 Å². The molecular formula is C20H29N3O8S. The molecule has 178 valence electrons. The lowest BCUT2D eigenvalue weighted by Crippen LogP contribution is -2.61. The van der Waals surface area contributed by atoms with Gasteiger partial charge in [-0.25, -0.2) is 17.9 Å². The summed E-state index contributed by atoms with van der Waals surface area (Å²) in [6.45, 7) is 0.180. The van der Waals surface area contributed by atoms with Gasteiger partial charge in [0.15, 0.2) is 0 Å². The van der Waals surface area contributed by atoms with E-state index in [1.807, 2.05) is 0 Å². The number of aliphatic hydroxyl groups is 3. The zero-order valence-corrected chi connectivity index (χ0v) is 18.4. The van der Waals surface area contributed by atoms with Crippen molar-refractivity contribution in [1.82, 2.24) is 10.0 Å². The highest BCUT2D eigenvalue weighted by Crippen LogP contribution is 2.25. The van der Waals surface area contributed by atoms with Crippen molar-refractivity contribution in [2.24, 2.45) is 0 Å². The van der Waals surface area contributed by atoms with Crippen molar-refractivity contribution in [3.8, 4) is 18.1 Å². The van der Waals surface area contributed by atoms with E-state index in [1.165, 1.54) is 12.1 Å². The summed E-state index contributed by atoms with van der Waals surface area (Å²) in [5, 5.41) is 35.6. The second kappa shape index (κ2) is 12.0. The number of hydrogen-bond donors (Lipinski definition) is 6. The third-order valence-corrected chi connectivity index (χ3v) is 5.30. The Labute approximate surface area is 187 Å². The fourth-order valence-corrected chi connectivity index (χ4v) is 3.36. The lowest BCUT2D eigenvalue weighted by molar-refractivity contribution is -0.270. The number of hydrogen-bond acceptors (Lipinski definition) is 8. The van der Waals surface area contributed by atoms with E-state index in [0.717, 1.165) is 19.1 Å². The van der Waals surface area contributed by atoms with Crippen molar-refractivity contribution in [1.29, 1.82) is 0 Å². The summed E-state index contributed by atoms with van der Waals surface area (Å²) in [7, 11) is -3.55. The molecule has 1 aliphatic rings. The van der Waals surface area contributed by atoms with Crippen LogP contribution in [0.1, 0.15) is 19.3 Å². The Kier molecular flexibility index (Phi) is 9.70. The molecule has 12 heteroatoms. The van der Waals surface area contributed by atoms with Gasteiger partial charge in [-0.2, -0.15) is 0 Å². The van der Waals surface area contributed by atoms with Crippen LogP contribution in [0, 0.1) is 12.3 Å². The highest BCUT2D eigenvalue weighted by molar-refractivity contribution is 7.88. The molecule has 1 aliphatic heterocycles. The number of terminal acetylenes is 1. The number of urea groups is 1. The molecule has 0 unspecified atom stereocenters. The second-order valence-electron chi connectivity index (χ2n) is 7.32. The van der Waals surface area contributed by atoms with Gasteiger partial charge in [0.25, 0.3) is 0 Å². The number of benzene rings is 1. The maximum absolute atomic E-state index is 11.9. The Morgan fingerprint density at radius 1 is 1.16 bits per heavy atom. The van der Waals surface area contributed by atoms with Crippen LogP contribution in [0.2, 0.25) is 0 Å². The Morgan fingerprint density at radius 2 is 1.84 bits per heavy atom. The Hall–Kier alpha value is -2.40. The van der Waals surface area contributed by atoms with Crippen LogP contribution in [-0.2, 0) is 14.8 Å². The summed E-state index contributed by atoms with van der Waals surface area (Å²) in [6.07, 6.45) is 1.18. The largest absolute Gasteiger partial charge is 0.462 e. The molecule has 0 aliphatic carbocycles. The SMILES string of the molecule is C#CCCCCNC(=O)Nc1ccc(O[C@H]2O[C@H](CNS(C)(=O)=O)[C@@H](O)[C@H](O)[C@@H]2O)cc1. The fraction of sp³-hybridized carbons (Fsp3) is 0.550. The second-order valence-corrected chi connectivity index (χ2v) is 9.15. The van der Waals surface area contributed by atoms with Crippen LogP contribution >= 0.6 is 0 Å². The predicted molar refractivity (Wildman–Crippen MR) is 116 cm³/mol.